The van der Waals surface area contributed by atoms with Crippen LogP contribution in [-0.4, -0.2) is 47.3 Å². The van der Waals surface area contributed by atoms with Gasteiger partial charge in [0.15, 0.2) is 0 Å². The molecule has 0 aliphatic carbocycles. The van der Waals surface area contributed by atoms with E-state index in [1.807, 2.05) is 11.8 Å². The number of anilines is 1. The Bertz CT molecular complexity index is 519. The molecule has 0 radical (unpaired) electrons. The monoisotopic (exact) mass is 299 g/mol. The van der Waals surface area contributed by atoms with E-state index in [1.165, 1.54) is 17.3 Å². The van der Waals surface area contributed by atoms with Gasteiger partial charge in [0.05, 0.1) is 0 Å². The summed E-state index contributed by atoms with van der Waals surface area (Å²) in [6.45, 7) is 4.19. The molecule has 102 valence electrons. The second kappa shape index (κ2) is 6.67. The summed E-state index contributed by atoms with van der Waals surface area (Å²) in [6.07, 6.45) is 2.91. The number of nitrogens with one attached hydrogen (secondary N) is 1. The van der Waals surface area contributed by atoms with E-state index in [0.29, 0.717) is 11.9 Å². The van der Waals surface area contributed by atoms with Gasteiger partial charge >= 0.3 is 0 Å². The molecule has 0 saturated heterocycles. The second-order valence-electron chi connectivity index (χ2n) is 3.77. The maximum Gasteiger partial charge on any atom is 0.258 e. The summed E-state index contributed by atoms with van der Waals surface area (Å²) in [5, 5.41) is 7.27. The molecule has 1 atom stereocenters. The number of hydrogen-bond donors (Lipinski definition) is 1. The summed E-state index contributed by atoms with van der Waals surface area (Å²) in [4.78, 5) is 16.2. The minimum Gasteiger partial charge on any atom is -0.351 e. The molecule has 1 unspecified atom stereocenters. The highest BCUT2D eigenvalue weighted by molar-refractivity contribution is 7.99. The van der Waals surface area contributed by atoms with Gasteiger partial charge in [-0.05, 0) is 24.3 Å². The van der Waals surface area contributed by atoms with Gasteiger partial charge < -0.3 is 5.32 Å². The van der Waals surface area contributed by atoms with Crippen LogP contribution in [0.5, 0.6) is 0 Å². The first-order valence-electron chi connectivity index (χ1n) is 5.80. The van der Waals surface area contributed by atoms with Crippen molar-refractivity contribution in [1.29, 1.82) is 0 Å². The lowest BCUT2D eigenvalue weighted by Crippen LogP contribution is -2.20. The van der Waals surface area contributed by atoms with E-state index in [0.717, 1.165) is 11.5 Å². The Morgan fingerprint density at radius 1 is 1.42 bits per heavy atom. The number of aromatic nitrogens is 6. The Hall–Kier alpha value is -1.41. The fourth-order valence-electron chi connectivity index (χ4n) is 1.37. The van der Waals surface area contributed by atoms with E-state index >= 15 is 0 Å². The Labute approximate surface area is 120 Å². The molecule has 0 aromatic carbocycles. The molecule has 0 saturated carbocycles. The number of rotatable bonds is 6. The van der Waals surface area contributed by atoms with Gasteiger partial charge in [0.2, 0.25) is 11.2 Å². The third kappa shape index (κ3) is 4.03. The molecule has 9 heteroatoms. The van der Waals surface area contributed by atoms with Crippen molar-refractivity contribution in [2.75, 3.05) is 16.8 Å². The van der Waals surface area contributed by atoms with Crippen molar-refractivity contribution < 1.29 is 0 Å². The van der Waals surface area contributed by atoms with E-state index in [1.54, 1.807) is 0 Å². The number of halogens is 1. The summed E-state index contributed by atoms with van der Waals surface area (Å²) in [7, 11) is 0. The molecule has 0 fully saturated rings. The number of thioether (sulfide) groups is 1. The molecule has 0 aliphatic rings. The highest BCUT2D eigenvalue weighted by atomic mass is 35.5. The van der Waals surface area contributed by atoms with E-state index in [2.05, 4.69) is 44.2 Å². The smallest absolute Gasteiger partial charge is 0.258 e. The average molecular weight is 300 g/mol. The van der Waals surface area contributed by atoms with Crippen molar-refractivity contribution in [2.24, 2.45) is 0 Å². The molecule has 2 aromatic heterocycles. The molecule has 7 nitrogen and oxygen atoms in total. The van der Waals surface area contributed by atoms with Crippen LogP contribution in [-0.2, 0) is 0 Å². The molecule has 2 rings (SSSR count). The van der Waals surface area contributed by atoms with Crippen LogP contribution in [0.15, 0.2) is 12.7 Å². The first-order valence-corrected chi connectivity index (χ1v) is 7.33. The normalized spacial score (nSPS) is 12.4. The van der Waals surface area contributed by atoms with Crippen LogP contribution in [0.3, 0.4) is 0 Å². The summed E-state index contributed by atoms with van der Waals surface area (Å²) in [6, 6.07) is 0.243. The molecule has 2 aromatic rings. The van der Waals surface area contributed by atoms with Crippen LogP contribution in [0.2, 0.25) is 5.28 Å². The third-order valence-electron chi connectivity index (χ3n) is 2.17. The van der Waals surface area contributed by atoms with Gasteiger partial charge in [-0.3, -0.25) is 0 Å². The minimum atomic E-state index is 0.123. The van der Waals surface area contributed by atoms with Crippen molar-refractivity contribution in [3.05, 3.63) is 17.9 Å². The topological polar surface area (TPSA) is 81.4 Å². The highest BCUT2D eigenvalue weighted by Gasteiger charge is 2.09. The lowest BCUT2D eigenvalue weighted by Gasteiger charge is -2.13. The summed E-state index contributed by atoms with van der Waals surface area (Å²) in [5.41, 5.74) is 0. The van der Waals surface area contributed by atoms with Gasteiger partial charge in [-0.25, -0.2) is 4.98 Å². The third-order valence-corrected chi connectivity index (χ3v) is 3.48. The minimum absolute atomic E-state index is 0.123. The van der Waals surface area contributed by atoms with E-state index in [4.69, 9.17) is 11.6 Å². The summed E-state index contributed by atoms with van der Waals surface area (Å²) >= 11 is 7.73. The van der Waals surface area contributed by atoms with Gasteiger partial charge in [-0.2, -0.15) is 36.5 Å². The molecule has 0 aliphatic heterocycles. The van der Waals surface area contributed by atoms with Crippen molar-refractivity contribution in [2.45, 2.75) is 19.9 Å². The molecule has 2 heterocycles. The second-order valence-corrected chi connectivity index (χ2v) is 5.43. The SMILES string of the molecule is CCSCC(C)Nc1nc(Cl)nc(-n2cncn2)n1. The van der Waals surface area contributed by atoms with Crippen LogP contribution < -0.4 is 5.32 Å². The number of hydrogen-bond acceptors (Lipinski definition) is 7. The lowest BCUT2D eigenvalue weighted by molar-refractivity contribution is 0.785. The van der Waals surface area contributed by atoms with E-state index in [9.17, 15) is 0 Å². The van der Waals surface area contributed by atoms with Gasteiger partial charge in [-0.1, -0.05) is 6.92 Å². The molecular weight excluding hydrogens is 286 g/mol. The zero-order valence-corrected chi connectivity index (χ0v) is 12.2. The maximum atomic E-state index is 5.89. The zero-order chi connectivity index (χ0) is 13.7. The van der Waals surface area contributed by atoms with Crippen molar-refractivity contribution in [3.8, 4) is 5.95 Å². The average Bonchev–Trinajstić information content (AvgIpc) is 2.89. The zero-order valence-electron chi connectivity index (χ0n) is 10.6. The standard InChI is InChI=1S/C10H14ClN7S/c1-3-19-4-7(2)14-9-15-8(11)16-10(17-9)18-6-12-5-13-18/h5-7H,3-4H2,1-2H3,(H,14,15,16,17). The van der Waals surface area contributed by atoms with Crippen LogP contribution in [0.1, 0.15) is 13.8 Å². The van der Waals surface area contributed by atoms with Gasteiger partial charge in [-0.15, -0.1) is 0 Å². The van der Waals surface area contributed by atoms with Crippen LogP contribution in [0.25, 0.3) is 5.95 Å². The van der Waals surface area contributed by atoms with Crippen molar-refractivity contribution in [1.82, 2.24) is 29.7 Å². The Morgan fingerprint density at radius 2 is 2.26 bits per heavy atom. The number of nitrogens with zero attached hydrogens (tertiary/aromatic N) is 6. The molecule has 0 amide bonds. The van der Waals surface area contributed by atoms with Crippen LogP contribution >= 0.6 is 23.4 Å². The summed E-state index contributed by atoms with van der Waals surface area (Å²) in [5.74, 6) is 2.83. The van der Waals surface area contributed by atoms with Crippen LogP contribution in [0, 0.1) is 0 Å². The first-order chi connectivity index (χ1) is 9.19. The lowest BCUT2D eigenvalue weighted by atomic mass is 10.4. The van der Waals surface area contributed by atoms with E-state index < -0.39 is 0 Å². The van der Waals surface area contributed by atoms with Crippen molar-refractivity contribution in [3.63, 3.8) is 0 Å². The largest absolute Gasteiger partial charge is 0.351 e. The quantitative estimate of drug-likeness (QED) is 0.868. The van der Waals surface area contributed by atoms with Gasteiger partial charge in [0.25, 0.3) is 5.95 Å². The molecule has 19 heavy (non-hydrogen) atoms. The molecule has 0 spiro atoms. The predicted molar refractivity (Wildman–Crippen MR) is 75.8 cm³/mol. The molecular formula is C10H14ClN7S. The van der Waals surface area contributed by atoms with Crippen LogP contribution in [0.4, 0.5) is 5.95 Å². The fourth-order valence-corrected chi connectivity index (χ4v) is 2.20. The van der Waals surface area contributed by atoms with Crippen molar-refractivity contribution >= 4 is 29.3 Å². The Morgan fingerprint density at radius 3 is 2.95 bits per heavy atom. The predicted octanol–water partition coefficient (Wildman–Crippen LogP) is 1.66. The summed E-state index contributed by atoms with van der Waals surface area (Å²) < 4.78 is 1.43. The van der Waals surface area contributed by atoms with E-state index in [-0.39, 0.29) is 11.3 Å². The first kappa shape index (κ1) is 14.0. The fraction of sp³-hybridized carbons (Fsp3) is 0.500. The maximum absolute atomic E-state index is 5.89. The van der Waals surface area contributed by atoms with Gasteiger partial charge in [0.1, 0.15) is 12.7 Å². The van der Waals surface area contributed by atoms with Gasteiger partial charge in [0, 0.05) is 11.8 Å². The highest BCUT2D eigenvalue weighted by Crippen LogP contribution is 2.11. The molecule has 1 N–H and O–H groups in total. The molecule has 0 bridgehead atoms. The Kier molecular flexibility index (Phi) is 4.92. The Balaban J connectivity index is 2.13.